The highest BCUT2D eigenvalue weighted by Crippen LogP contribution is 2.28. The molecule has 4 nitrogen and oxygen atoms in total. The zero-order chi connectivity index (χ0) is 16.2. The molecule has 1 N–H and O–H groups in total. The summed E-state index contributed by atoms with van der Waals surface area (Å²) in [5, 5.41) is 2.97. The van der Waals surface area contributed by atoms with E-state index in [1.165, 1.54) is 18.4 Å². The van der Waals surface area contributed by atoms with E-state index >= 15 is 0 Å². The molecule has 124 valence electrons. The summed E-state index contributed by atoms with van der Waals surface area (Å²) in [7, 11) is 0. The number of fused-ring (bicyclic) bond motifs is 1. The summed E-state index contributed by atoms with van der Waals surface area (Å²) in [4.78, 5) is 26.8. The molecule has 23 heavy (non-hydrogen) atoms. The molecule has 1 fully saturated rings. The number of anilines is 1. The van der Waals surface area contributed by atoms with Crippen LogP contribution in [0.4, 0.5) is 5.69 Å². The van der Waals surface area contributed by atoms with Crippen molar-refractivity contribution in [1.82, 2.24) is 4.90 Å². The second kappa shape index (κ2) is 7.16. The number of nitrogens with zero attached hydrogens (tertiary/aromatic N) is 1. The molecule has 2 amide bonds. The molecular weight excluding hydrogens is 288 g/mol. The molecule has 0 saturated heterocycles. The monoisotopic (exact) mass is 314 g/mol. The Morgan fingerprint density at radius 3 is 2.74 bits per heavy atom. The van der Waals surface area contributed by atoms with Gasteiger partial charge in [-0.05, 0) is 44.2 Å². The lowest BCUT2D eigenvalue weighted by Crippen LogP contribution is -2.39. The van der Waals surface area contributed by atoms with Crippen molar-refractivity contribution in [3.05, 3.63) is 29.8 Å². The molecule has 0 radical (unpaired) electrons. The Hall–Kier alpha value is -1.84. The molecule has 3 rings (SSSR count). The summed E-state index contributed by atoms with van der Waals surface area (Å²) in [6, 6.07) is 8.35. The van der Waals surface area contributed by atoms with Crippen LogP contribution in [0.25, 0.3) is 0 Å². The molecule has 1 atom stereocenters. The average molecular weight is 314 g/mol. The highest BCUT2D eigenvalue weighted by atomic mass is 16.2. The van der Waals surface area contributed by atoms with Crippen molar-refractivity contribution in [1.29, 1.82) is 0 Å². The topological polar surface area (TPSA) is 49.4 Å². The zero-order valence-corrected chi connectivity index (χ0v) is 13.9. The third kappa shape index (κ3) is 3.57. The minimum Gasteiger partial charge on any atom is -0.340 e. The van der Waals surface area contributed by atoms with Gasteiger partial charge in [0.15, 0.2) is 0 Å². The molecular formula is C19H26N2O2. The number of nitrogens with one attached hydrogen (secondary N) is 1. The van der Waals surface area contributed by atoms with Gasteiger partial charge in [-0.15, -0.1) is 0 Å². The van der Waals surface area contributed by atoms with Crippen LogP contribution in [0.1, 0.15) is 51.0 Å². The van der Waals surface area contributed by atoms with Crippen molar-refractivity contribution in [2.45, 2.75) is 57.9 Å². The van der Waals surface area contributed by atoms with Gasteiger partial charge in [-0.1, -0.05) is 31.0 Å². The number of benzene rings is 1. The minimum absolute atomic E-state index is 0.0559. The van der Waals surface area contributed by atoms with Gasteiger partial charge in [0.05, 0.1) is 0 Å². The van der Waals surface area contributed by atoms with Gasteiger partial charge in [-0.25, -0.2) is 0 Å². The molecule has 1 aliphatic carbocycles. The van der Waals surface area contributed by atoms with Crippen molar-refractivity contribution in [3.8, 4) is 0 Å². The third-order valence-electron chi connectivity index (χ3n) is 5.25. The van der Waals surface area contributed by atoms with Crippen LogP contribution in [0.15, 0.2) is 24.3 Å². The van der Waals surface area contributed by atoms with Crippen LogP contribution in [0.5, 0.6) is 0 Å². The number of carbonyl (C=O) groups excluding carboxylic acids is 2. The van der Waals surface area contributed by atoms with E-state index in [4.69, 9.17) is 0 Å². The van der Waals surface area contributed by atoms with Crippen LogP contribution in [0.2, 0.25) is 0 Å². The number of carbonyl (C=O) groups is 2. The first-order valence-electron chi connectivity index (χ1n) is 8.87. The van der Waals surface area contributed by atoms with Crippen LogP contribution >= 0.6 is 0 Å². The van der Waals surface area contributed by atoms with Crippen LogP contribution in [0.3, 0.4) is 0 Å². The van der Waals surface area contributed by atoms with E-state index in [1.54, 1.807) is 0 Å². The second-order valence-electron chi connectivity index (χ2n) is 6.70. The van der Waals surface area contributed by atoms with Crippen LogP contribution < -0.4 is 5.32 Å². The van der Waals surface area contributed by atoms with E-state index in [0.717, 1.165) is 31.5 Å². The molecule has 1 saturated carbocycles. The Morgan fingerprint density at radius 1 is 1.26 bits per heavy atom. The average Bonchev–Trinajstić information content (AvgIpc) is 3.07. The first-order valence-corrected chi connectivity index (χ1v) is 8.87. The maximum Gasteiger partial charge on any atom is 0.227 e. The number of rotatable bonds is 5. The molecule has 1 heterocycles. The van der Waals surface area contributed by atoms with Gasteiger partial charge in [-0.2, -0.15) is 0 Å². The molecule has 0 bridgehead atoms. The first kappa shape index (κ1) is 16.0. The van der Waals surface area contributed by atoms with Crippen LogP contribution in [-0.4, -0.2) is 29.3 Å². The first-order chi connectivity index (χ1) is 11.2. The van der Waals surface area contributed by atoms with Crippen LogP contribution in [-0.2, 0) is 16.0 Å². The number of hydrogen-bond donors (Lipinski definition) is 1. The van der Waals surface area contributed by atoms with E-state index in [9.17, 15) is 9.59 Å². The molecule has 1 aromatic carbocycles. The highest BCUT2D eigenvalue weighted by molar-refractivity contribution is 5.96. The Balaban J connectivity index is 1.57. The van der Waals surface area contributed by atoms with Crippen molar-refractivity contribution >= 4 is 17.5 Å². The second-order valence-corrected chi connectivity index (χ2v) is 6.70. The Morgan fingerprint density at radius 2 is 2.00 bits per heavy atom. The predicted molar refractivity (Wildman–Crippen MR) is 91.1 cm³/mol. The predicted octanol–water partition coefficient (Wildman–Crippen LogP) is 3.37. The van der Waals surface area contributed by atoms with Crippen molar-refractivity contribution in [2.75, 3.05) is 11.9 Å². The fourth-order valence-corrected chi connectivity index (χ4v) is 3.94. The summed E-state index contributed by atoms with van der Waals surface area (Å²) in [6.07, 6.45) is 6.60. The maximum atomic E-state index is 12.6. The van der Waals surface area contributed by atoms with Gasteiger partial charge in [0.25, 0.3) is 0 Å². The SMILES string of the molecule is CCN(C(=O)CCC1Cc2ccccc2NC1=O)C1CCCC1. The normalized spacial score (nSPS) is 20.9. The largest absolute Gasteiger partial charge is 0.340 e. The highest BCUT2D eigenvalue weighted by Gasteiger charge is 2.29. The maximum absolute atomic E-state index is 12.6. The van der Waals surface area contributed by atoms with Crippen molar-refractivity contribution in [2.24, 2.45) is 5.92 Å². The van der Waals surface area contributed by atoms with E-state index in [1.807, 2.05) is 23.1 Å². The lowest BCUT2D eigenvalue weighted by Gasteiger charge is -2.29. The van der Waals surface area contributed by atoms with Crippen molar-refractivity contribution < 1.29 is 9.59 Å². The summed E-state index contributed by atoms with van der Waals surface area (Å²) in [5.74, 6) is 0.183. The fourth-order valence-electron chi connectivity index (χ4n) is 3.94. The van der Waals surface area contributed by atoms with Gasteiger partial charge in [-0.3, -0.25) is 9.59 Å². The Bertz CT molecular complexity index is 578. The van der Waals surface area contributed by atoms with Gasteiger partial charge >= 0.3 is 0 Å². The quantitative estimate of drug-likeness (QED) is 0.906. The molecule has 0 spiro atoms. The lowest BCUT2D eigenvalue weighted by atomic mass is 9.89. The molecule has 1 aliphatic heterocycles. The third-order valence-corrected chi connectivity index (χ3v) is 5.25. The van der Waals surface area contributed by atoms with Gasteiger partial charge in [0.2, 0.25) is 11.8 Å². The molecule has 1 unspecified atom stereocenters. The van der Waals surface area contributed by atoms with Crippen molar-refractivity contribution in [3.63, 3.8) is 0 Å². The molecule has 4 heteroatoms. The van der Waals surface area contributed by atoms with Gasteiger partial charge < -0.3 is 10.2 Å². The number of hydrogen-bond acceptors (Lipinski definition) is 2. The number of para-hydroxylation sites is 1. The smallest absolute Gasteiger partial charge is 0.227 e. The van der Waals surface area contributed by atoms with Gasteiger partial charge in [0.1, 0.15) is 0 Å². The molecule has 1 aromatic rings. The minimum atomic E-state index is -0.0869. The van der Waals surface area contributed by atoms with E-state index in [0.29, 0.717) is 18.9 Å². The molecule has 0 aromatic heterocycles. The standard InChI is InChI=1S/C19H26N2O2/c1-2-21(16-8-4-5-9-16)18(22)12-11-15-13-14-7-3-6-10-17(14)20-19(15)23/h3,6-7,10,15-16H,2,4-5,8-9,11-13H2,1H3,(H,20,23). The van der Waals surface area contributed by atoms with Crippen LogP contribution in [0, 0.1) is 5.92 Å². The Kier molecular flexibility index (Phi) is 4.99. The summed E-state index contributed by atoms with van der Waals surface area (Å²) in [5.41, 5.74) is 2.09. The van der Waals surface area contributed by atoms with E-state index < -0.39 is 0 Å². The lowest BCUT2D eigenvalue weighted by molar-refractivity contribution is -0.133. The molecule has 2 aliphatic rings. The number of amides is 2. The zero-order valence-electron chi connectivity index (χ0n) is 13.9. The fraction of sp³-hybridized carbons (Fsp3) is 0.579. The van der Waals surface area contributed by atoms with E-state index in [2.05, 4.69) is 18.3 Å². The van der Waals surface area contributed by atoms with Gasteiger partial charge in [0, 0.05) is 30.6 Å². The summed E-state index contributed by atoms with van der Waals surface area (Å²) >= 11 is 0. The van der Waals surface area contributed by atoms with E-state index in [-0.39, 0.29) is 17.7 Å². The Labute approximate surface area is 138 Å². The summed E-state index contributed by atoms with van der Waals surface area (Å²) in [6.45, 7) is 2.84. The summed E-state index contributed by atoms with van der Waals surface area (Å²) < 4.78 is 0.